The van der Waals surface area contributed by atoms with Crippen molar-refractivity contribution in [1.29, 1.82) is 0 Å². The summed E-state index contributed by atoms with van der Waals surface area (Å²) in [5.74, 6) is 1.38. The van der Waals surface area contributed by atoms with E-state index in [1.54, 1.807) is 7.11 Å². The molecule has 114 valence electrons. The number of ether oxygens (including phenoxy) is 2. The first-order chi connectivity index (χ1) is 10.2. The smallest absolute Gasteiger partial charge is 0.201 e. The molecule has 0 amide bonds. The highest BCUT2D eigenvalue weighted by molar-refractivity contribution is 5.80. The summed E-state index contributed by atoms with van der Waals surface area (Å²) in [7, 11) is 1.67. The lowest BCUT2D eigenvalue weighted by Crippen LogP contribution is -2.39. The van der Waals surface area contributed by atoms with Crippen molar-refractivity contribution >= 4 is 17.0 Å². The second kappa shape index (κ2) is 5.91. The molecule has 2 heterocycles. The maximum Gasteiger partial charge on any atom is 0.201 e. The molecule has 6 nitrogen and oxygen atoms in total. The molecule has 0 radical (unpaired) electrons. The van der Waals surface area contributed by atoms with Crippen LogP contribution in [0.4, 0.5) is 5.95 Å². The van der Waals surface area contributed by atoms with Crippen molar-refractivity contribution in [3.63, 3.8) is 0 Å². The Kier molecular flexibility index (Phi) is 3.98. The summed E-state index contributed by atoms with van der Waals surface area (Å²) in [6.07, 6.45) is 0. The Morgan fingerprint density at radius 3 is 2.86 bits per heavy atom. The number of nitrogens with two attached hydrogens (primary N) is 1. The quantitative estimate of drug-likeness (QED) is 0.925. The van der Waals surface area contributed by atoms with E-state index in [-0.39, 0.29) is 6.04 Å². The molecule has 1 saturated heterocycles. The van der Waals surface area contributed by atoms with E-state index in [2.05, 4.69) is 21.4 Å². The second-order valence-corrected chi connectivity index (χ2v) is 5.46. The Bertz CT molecular complexity index is 619. The minimum absolute atomic E-state index is 0.250. The van der Waals surface area contributed by atoms with Crippen molar-refractivity contribution < 1.29 is 9.47 Å². The minimum atomic E-state index is 0.250. The predicted molar refractivity (Wildman–Crippen MR) is 82.7 cm³/mol. The molecule has 1 aromatic carbocycles. The van der Waals surface area contributed by atoms with Gasteiger partial charge in [-0.2, -0.15) is 0 Å². The zero-order valence-corrected chi connectivity index (χ0v) is 12.6. The number of anilines is 1. The van der Waals surface area contributed by atoms with E-state index in [1.807, 2.05) is 18.2 Å². The molecule has 0 saturated carbocycles. The summed E-state index contributed by atoms with van der Waals surface area (Å²) < 4.78 is 12.8. The Hall–Kier alpha value is -1.79. The number of nitrogens with zero attached hydrogens (tertiary/aromatic N) is 3. The van der Waals surface area contributed by atoms with Gasteiger partial charge in [-0.05, 0) is 19.1 Å². The fraction of sp³-hybridized carbons (Fsp3) is 0.533. The third-order valence-corrected chi connectivity index (χ3v) is 3.99. The standard InChI is InChI=1S/C15H22N4O2/c1-11(10-18-5-7-21-8-6-18)19-14-9-12(20-2)3-4-13(14)17-15(19)16/h3-4,9,11H,5-8,10H2,1-2H3,(H2,16,17). The molecule has 21 heavy (non-hydrogen) atoms. The lowest BCUT2D eigenvalue weighted by atomic mass is 10.2. The van der Waals surface area contributed by atoms with E-state index in [0.29, 0.717) is 5.95 Å². The average Bonchev–Trinajstić information content (AvgIpc) is 2.83. The molecule has 1 aliphatic heterocycles. The third kappa shape index (κ3) is 2.82. The number of hydrogen-bond acceptors (Lipinski definition) is 5. The van der Waals surface area contributed by atoms with E-state index in [1.165, 1.54) is 0 Å². The number of benzene rings is 1. The van der Waals surface area contributed by atoms with Gasteiger partial charge in [-0.25, -0.2) is 4.98 Å². The first kappa shape index (κ1) is 14.2. The van der Waals surface area contributed by atoms with Crippen molar-refractivity contribution in [3.05, 3.63) is 18.2 Å². The average molecular weight is 290 g/mol. The summed E-state index contributed by atoms with van der Waals surface area (Å²) in [5.41, 5.74) is 8.04. The van der Waals surface area contributed by atoms with Crippen molar-refractivity contribution in [2.45, 2.75) is 13.0 Å². The van der Waals surface area contributed by atoms with Crippen LogP contribution in [0.3, 0.4) is 0 Å². The van der Waals surface area contributed by atoms with Crippen LogP contribution in [0, 0.1) is 0 Å². The number of methoxy groups -OCH3 is 1. The molecule has 1 aromatic heterocycles. The van der Waals surface area contributed by atoms with Crippen molar-refractivity contribution in [3.8, 4) is 5.75 Å². The van der Waals surface area contributed by atoms with Gasteiger partial charge in [0.05, 0.1) is 31.4 Å². The highest BCUT2D eigenvalue weighted by Gasteiger charge is 2.19. The number of hydrogen-bond donors (Lipinski definition) is 1. The van der Waals surface area contributed by atoms with Crippen LogP contribution in [0.5, 0.6) is 5.75 Å². The van der Waals surface area contributed by atoms with Crippen LogP contribution in [-0.2, 0) is 4.74 Å². The van der Waals surface area contributed by atoms with Crippen molar-refractivity contribution in [2.24, 2.45) is 0 Å². The van der Waals surface area contributed by atoms with Crippen LogP contribution in [0.25, 0.3) is 11.0 Å². The highest BCUT2D eigenvalue weighted by atomic mass is 16.5. The SMILES string of the molecule is COc1ccc2nc(N)n(C(C)CN3CCOCC3)c2c1. The number of morpholine rings is 1. The van der Waals surface area contributed by atoms with Crippen molar-refractivity contribution in [2.75, 3.05) is 45.7 Å². The van der Waals surface area contributed by atoms with E-state index in [0.717, 1.165) is 49.6 Å². The van der Waals surface area contributed by atoms with E-state index in [4.69, 9.17) is 15.2 Å². The molecule has 0 bridgehead atoms. The molecule has 1 aliphatic rings. The monoisotopic (exact) mass is 290 g/mol. The third-order valence-electron chi connectivity index (χ3n) is 3.99. The van der Waals surface area contributed by atoms with Gasteiger partial charge in [0.25, 0.3) is 0 Å². The summed E-state index contributed by atoms with van der Waals surface area (Å²) in [5, 5.41) is 0. The van der Waals surface area contributed by atoms with Crippen LogP contribution in [-0.4, -0.2) is 54.4 Å². The van der Waals surface area contributed by atoms with Crippen molar-refractivity contribution in [1.82, 2.24) is 14.5 Å². The Balaban J connectivity index is 1.88. The van der Waals surface area contributed by atoms with Crippen LogP contribution in [0.2, 0.25) is 0 Å². The zero-order chi connectivity index (χ0) is 14.8. The number of imidazole rings is 1. The number of fused-ring (bicyclic) bond motifs is 1. The molecule has 1 unspecified atom stereocenters. The molecule has 2 aromatic rings. The normalized spacial score (nSPS) is 18.0. The molecule has 0 aliphatic carbocycles. The largest absolute Gasteiger partial charge is 0.497 e. The molecule has 3 rings (SSSR count). The van der Waals surface area contributed by atoms with Gasteiger partial charge in [0, 0.05) is 31.7 Å². The van der Waals surface area contributed by atoms with E-state index < -0.39 is 0 Å². The highest BCUT2D eigenvalue weighted by Crippen LogP contribution is 2.26. The lowest BCUT2D eigenvalue weighted by molar-refractivity contribution is 0.0329. The number of nitrogen functional groups attached to an aromatic ring is 1. The number of aromatic nitrogens is 2. The topological polar surface area (TPSA) is 65.5 Å². The lowest BCUT2D eigenvalue weighted by Gasteiger charge is -2.30. The molecular weight excluding hydrogens is 268 g/mol. The minimum Gasteiger partial charge on any atom is -0.497 e. The molecular formula is C15H22N4O2. The fourth-order valence-corrected chi connectivity index (χ4v) is 2.92. The Morgan fingerprint density at radius 1 is 1.38 bits per heavy atom. The van der Waals surface area contributed by atoms with Crippen LogP contribution >= 0.6 is 0 Å². The first-order valence-electron chi connectivity index (χ1n) is 7.30. The van der Waals surface area contributed by atoms with E-state index >= 15 is 0 Å². The Labute approximate surface area is 124 Å². The first-order valence-corrected chi connectivity index (χ1v) is 7.30. The van der Waals surface area contributed by atoms with Gasteiger partial charge in [-0.3, -0.25) is 4.90 Å². The maximum absolute atomic E-state index is 6.12. The van der Waals surface area contributed by atoms with Gasteiger partial charge >= 0.3 is 0 Å². The van der Waals surface area contributed by atoms with Gasteiger partial charge in [-0.1, -0.05) is 0 Å². The zero-order valence-electron chi connectivity index (χ0n) is 12.6. The molecule has 0 spiro atoms. The molecule has 2 N–H and O–H groups in total. The maximum atomic E-state index is 6.12. The molecule has 1 fully saturated rings. The van der Waals surface area contributed by atoms with Gasteiger partial charge in [0.15, 0.2) is 0 Å². The summed E-state index contributed by atoms with van der Waals surface area (Å²) in [6, 6.07) is 6.10. The fourth-order valence-electron chi connectivity index (χ4n) is 2.92. The van der Waals surface area contributed by atoms with Crippen LogP contribution < -0.4 is 10.5 Å². The summed E-state index contributed by atoms with van der Waals surface area (Å²) in [4.78, 5) is 6.85. The molecule has 1 atom stereocenters. The number of rotatable bonds is 4. The Morgan fingerprint density at radius 2 is 2.14 bits per heavy atom. The summed E-state index contributed by atoms with van der Waals surface area (Å²) in [6.45, 7) is 6.67. The summed E-state index contributed by atoms with van der Waals surface area (Å²) >= 11 is 0. The van der Waals surface area contributed by atoms with Gasteiger partial charge in [-0.15, -0.1) is 0 Å². The predicted octanol–water partition coefficient (Wildman–Crippen LogP) is 1.52. The van der Waals surface area contributed by atoms with Crippen LogP contribution in [0.1, 0.15) is 13.0 Å². The molecule has 6 heteroatoms. The van der Waals surface area contributed by atoms with Gasteiger partial charge < -0.3 is 19.8 Å². The van der Waals surface area contributed by atoms with Crippen LogP contribution in [0.15, 0.2) is 18.2 Å². The van der Waals surface area contributed by atoms with Gasteiger partial charge in [0.2, 0.25) is 5.95 Å². The second-order valence-electron chi connectivity index (χ2n) is 5.46. The van der Waals surface area contributed by atoms with Gasteiger partial charge in [0.1, 0.15) is 5.75 Å². The van der Waals surface area contributed by atoms with E-state index in [9.17, 15) is 0 Å².